The Labute approximate surface area is 107 Å². The number of methoxy groups -OCH3 is 1. The van der Waals surface area contributed by atoms with Crippen LogP contribution in [0, 0.1) is 5.41 Å². The van der Waals surface area contributed by atoms with E-state index in [1.54, 1.807) is 18.0 Å². The van der Waals surface area contributed by atoms with Gasteiger partial charge in [0.2, 0.25) is 0 Å². The number of hydrogen-bond donors (Lipinski definition) is 1. The quantitative estimate of drug-likeness (QED) is 0.780. The molecule has 0 radical (unpaired) electrons. The number of ketones is 1. The number of rotatable bonds is 6. The van der Waals surface area contributed by atoms with Crippen LogP contribution >= 0.6 is 0 Å². The van der Waals surface area contributed by atoms with E-state index in [2.05, 4.69) is 5.10 Å². The van der Waals surface area contributed by atoms with E-state index in [0.717, 1.165) is 12.8 Å². The van der Waals surface area contributed by atoms with Crippen LogP contribution < -0.4 is 10.5 Å². The second-order valence-corrected chi connectivity index (χ2v) is 5.03. The van der Waals surface area contributed by atoms with Crippen molar-refractivity contribution in [2.24, 2.45) is 11.1 Å². The molecule has 18 heavy (non-hydrogen) atoms. The van der Waals surface area contributed by atoms with Crippen molar-refractivity contribution in [3.8, 4) is 5.75 Å². The van der Waals surface area contributed by atoms with Gasteiger partial charge in [0.15, 0.2) is 11.5 Å². The summed E-state index contributed by atoms with van der Waals surface area (Å²) >= 11 is 0. The Kier molecular flexibility index (Phi) is 3.71. The number of hydrogen-bond acceptors (Lipinski definition) is 4. The molecule has 1 aromatic rings. The van der Waals surface area contributed by atoms with Crippen molar-refractivity contribution in [3.05, 3.63) is 11.9 Å². The summed E-state index contributed by atoms with van der Waals surface area (Å²) in [6.07, 6.45) is 5.39. The van der Waals surface area contributed by atoms with Crippen LogP contribution in [0.1, 0.15) is 43.1 Å². The first kappa shape index (κ1) is 13.1. The van der Waals surface area contributed by atoms with Gasteiger partial charge in [-0.3, -0.25) is 9.48 Å². The average molecular weight is 251 g/mol. The summed E-state index contributed by atoms with van der Waals surface area (Å²) in [5.41, 5.74) is 6.41. The molecule has 0 aliphatic heterocycles. The predicted octanol–water partition coefficient (Wildman–Crippen LogP) is 1.61. The van der Waals surface area contributed by atoms with Gasteiger partial charge in [0.1, 0.15) is 5.69 Å². The fraction of sp³-hybridized carbons (Fsp3) is 0.692. The third-order valence-electron chi connectivity index (χ3n) is 3.97. The van der Waals surface area contributed by atoms with Crippen molar-refractivity contribution in [2.75, 3.05) is 13.7 Å². The molecule has 100 valence electrons. The summed E-state index contributed by atoms with van der Waals surface area (Å²) in [7, 11) is 1.57. The number of carbonyl (C=O) groups excluding carboxylic acids is 1. The van der Waals surface area contributed by atoms with Gasteiger partial charge in [-0.25, -0.2) is 0 Å². The van der Waals surface area contributed by atoms with Crippen molar-refractivity contribution in [2.45, 2.75) is 39.2 Å². The maximum atomic E-state index is 12.4. The number of Topliss-reactive ketones (excluding diaryl/α,β-unsaturated/α-hetero) is 1. The van der Waals surface area contributed by atoms with Crippen LogP contribution in [0.3, 0.4) is 0 Å². The highest BCUT2D eigenvalue weighted by Crippen LogP contribution is 2.44. The van der Waals surface area contributed by atoms with Crippen LogP contribution in [-0.2, 0) is 6.54 Å². The Morgan fingerprint density at radius 3 is 2.78 bits per heavy atom. The maximum absolute atomic E-state index is 12.4. The number of nitrogens with two attached hydrogens (primary N) is 1. The lowest BCUT2D eigenvalue weighted by Crippen LogP contribution is -2.39. The van der Waals surface area contributed by atoms with Crippen molar-refractivity contribution < 1.29 is 9.53 Å². The molecule has 0 bridgehead atoms. The summed E-state index contributed by atoms with van der Waals surface area (Å²) in [6.45, 7) is 3.21. The number of aryl methyl sites for hydroxylation is 1. The van der Waals surface area contributed by atoms with Gasteiger partial charge in [0.05, 0.1) is 13.3 Å². The summed E-state index contributed by atoms with van der Waals surface area (Å²) in [5.74, 6) is 0.657. The minimum atomic E-state index is 0.0188. The molecule has 2 rings (SSSR count). The van der Waals surface area contributed by atoms with Crippen LogP contribution in [0.2, 0.25) is 0 Å². The molecule has 1 fully saturated rings. The molecule has 0 saturated heterocycles. The van der Waals surface area contributed by atoms with E-state index >= 15 is 0 Å². The molecule has 1 aliphatic rings. The number of carbonyl (C=O) groups is 1. The van der Waals surface area contributed by atoms with Crippen molar-refractivity contribution >= 4 is 5.78 Å². The zero-order valence-corrected chi connectivity index (χ0v) is 11.1. The van der Waals surface area contributed by atoms with E-state index in [9.17, 15) is 4.79 Å². The first-order chi connectivity index (χ1) is 8.65. The molecular weight excluding hydrogens is 230 g/mol. The van der Waals surface area contributed by atoms with Gasteiger partial charge in [-0.1, -0.05) is 6.42 Å². The highest BCUT2D eigenvalue weighted by Gasteiger charge is 2.38. The number of nitrogens with zero attached hydrogens (tertiary/aromatic N) is 2. The summed E-state index contributed by atoms with van der Waals surface area (Å²) < 4.78 is 6.91. The van der Waals surface area contributed by atoms with E-state index in [1.807, 2.05) is 6.92 Å². The standard InChI is InChI=1S/C13H21N3O2/c1-3-16-12(11(18-2)8-15-16)10(17)7-13(9-14)5-4-6-13/h8H,3-7,9,14H2,1-2H3. The van der Waals surface area contributed by atoms with Gasteiger partial charge < -0.3 is 10.5 Å². The monoisotopic (exact) mass is 251 g/mol. The van der Waals surface area contributed by atoms with Gasteiger partial charge in [-0.15, -0.1) is 0 Å². The molecule has 0 amide bonds. The topological polar surface area (TPSA) is 70.1 Å². The molecular formula is C13H21N3O2. The van der Waals surface area contributed by atoms with E-state index < -0.39 is 0 Å². The largest absolute Gasteiger partial charge is 0.493 e. The predicted molar refractivity (Wildman–Crippen MR) is 68.7 cm³/mol. The zero-order valence-electron chi connectivity index (χ0n) is 11.1. The van der Waals surface area contributed by atoms with E-state index in [-0.39, 0.29) is 11.2 Å². The van der Waals surface area contributed by atoms with Crippen LogP contribution in [0.15, 0.2) is 6.20 Å². The average Bonchev–Trinajstić information content (AvgIpc) is 2.76. The molecule has 0 unspecified atom stereocenters. The third-order valence-corrected chi connectivity index (χ3v) is 3.97. The molecule has 5 heteroatoms. The molecule has 5 nitrogen and oxygen atoms in total. The summed E-state index contributed by atoms with van der Waals surface area (Å²) in [4.78, 5) is 12.4. The van der Waals surface area contributed by atoms with Gasteiger partial charge >= 0.3 is 0 Å². The van der Waals surface area contributed by atoms with Crippen LogP contribution in [0.25, 0.3) is 0 Å². The van der Waals surface area contributed by atoms with Gasteiger partial charge in [-0.2, -0.15) is 5.10 Å². The Balaban J connectivity index is 2.20. The zero-order chi connectivity index (χ0) is 13.2. The van der Waals surface area contributed by atoms with Gasteiger partial charge in [-0.05, 0) is 31.7 Å². The smallest absolute Gasteiger partial charge is 0.185 e. The number of ether oxygens (including phenoxy) is 1. The molecule has 1 aliphatic carbocycles. The highest BCUT2D eigenvalue weighted by atomic mass is 16.5. The Bertz CT molecular complexity index is 408. The summed E-state index contributed by atoms with van der Waals surface area (Å²) in [6, 6.07) is 0. The highest BCUT2D eigenvalue weighted by molar-refractivity contribution is 5.97. The van der Waals surface area contributed by atoms with Gasteiger partial charge in [0.25, 0.3) is 0 Å². The van der Waals surface area contributed by atoms with Crippen molar-refractivity contribution in [1.29, 1.82) is 0 Å². The van der Waals surface area contributed by atoms with E-state index in [0.29, 0.717) is 31.0 Å². The third kappa shape index (κ3) is 2.14. The molecule has 1 aromatic heterocycles. The van der Waals surface area contributed by atoms with E-state index in [1.165, 1.54) is 6.42 Å². The first-order valence-corrected chi connectivity index (χ1v) is 6.49. The SMILES string of the molecule is CCn1ncc(OC)c1C(=O)CC1(CN)CCC1. The molecule has 0 atom stereocenters. The molecule has 1 heterocycles. The van der Waals surface area contributed by atoms with Crippen LogP contribution in [-0.4, -0.2) is 29.2 Å². The van der Waals surface area contributed by atoms with Crippen LogP contribution in [0.5, 0.6) is 5.75 Å². The summed E-state index contributed by atoms with van der Waals surface area (Å²) in [5, 5.41) is 4.17. The maximum Gasteiger partial charge on any atom is 0.185 e. The number of aromatic nitrogens is 2. The lowest BCUT2D eigenvalue weighted by molar-refractivity contribution is 0.0773. The van der Waals surface area contributed by atoms with E-state index in [4.69, 9.17) is 10.5 Å². The van der Waals surface area contributed by atoms with Gasteiger partial charge in [0, 0.05) is 13.0 Å². The molecule has 1 saturated carbocycles. The van der Waals surface area contributed by atoms with Crippen molar-refractivity contribution in [3.63, 3.8) is 0 Å². The second-order valence-electron chi connectivity index (χ2n) is 5.03. The van der Waals surface area contributed by atoms with Crippen molar-refractivity contribution in [1.82, 2.24) is 9.78 Å². The Morgan fingerprint density at radius 2 is 2.33 bits per heavy atom. The minimum absolute atomic E-state index is 0.0188. The first-order valence-electron chi connectivity index (χ1n) is 6.49. The fourth-order valence-corrected chi connectivity index (χ4v) is 2.59. The molecule has 0 aromatic carbocycles. The fourth-order valence-electron chi connectivity index (χ4n) is 2.59. The normalized spacial score (nSPS) is 17.3. The molecule has 0 spiro atoms. The minimum Gasteiger partial charge on any atom is -0.493 e. The lowest BCUT2D eigenvalue weighted by Gasteiger charge is -2.40. The molecule has 2 N–H and O–H groups in total. The Morgan fingerprint density at radius 1 is 1.61 bits per heavy atom. The van der Waals surface area contributed by atoms with Crippen LogP contribution in [0.4, 0.5) is 0 Å². The second kappa shape index (κ2) is 5.10. The lowest BCUT2D eigenvalue weighted by atomic mass is 9.66. The Hall–Kier alpha value is -1.36.